The third-order valence-electron chi connectivity index (χ3n) is 2.88. The summed E-state index contributed by atoms with van der Waals surface area (Å²) in [7, 11) is 0. The van der Waals surface area contributed by atoms with E-state index < -0.39 is 11.4 Å². The number of hydrogen-bond donors (Lipinski definition) is 1. The Bertz CT molecular complexity index is 453. The van der Waals surface area contributed by atoms with Gasteiger partial charge in [-0.25, -0.2) is 6.57 Å². The molecule has 0 spiro atoms. The molecule has 1 unspecified atom stereocenters. The van der Waals surface area contributed by atoms with Gasteiger partial charge in [-0.05, 0) is 53.6 Å². The van der Waals surface area contributed by atoms with Crippen LogP contribution in [-0.4, -0.2) is 17.6 Å². The van der Waals surface area contributed by atoms with Crippen LogP contribution in [0, 0.1) is 10.1 Å². The largest absolute Gasteiger partial charge is 0.481 e. The first-order valence-corrected chi connectivity index (χ1v) is 6.41. The second-order valence-electron chi connectivity index (χ2n) is 4.13. The summed E-state index contributed by atoms with van der Waals surface area (Å²) in [5, 5.41) is 9.40. The van der Waals surface area contributed by atoms with Crippen LogP contribution in [0.2, 0.25) is 0 Å². The second kappa shape index (κ2) is 6.01. The zero-order valence-electron chi connectivity index (χ0n) is 9.61. The number of rotatable bonds is 5. The van der Waals surface area contributed by atoms with Gasteiger partial charge in [0.15, 0.2) is 0 Å². The predicted molar refractivity (Wildman–Crippen MR) is 74.8 cm³/mol. The summed E-state index contributed by atoms with van der Waals surface area (Å²) in [5.41, 5.74) is -0.0897. The van der Waals surface area contributed by atoms with Crippen molar-refractivity contribution in [1.29, 1.82) is 0 Å². The van der Waals surface area contributed by atoms with Crippen molar-refractivity contribution in [2.24, 2.45) is 0 Å². The summed E-state index contributed by atoms with van der Waals surface area (Å²) in [4.78, 5) is 14.7. The number of aliphatic carboxylic acids is 1. The Labute approximate surface area is 115 Å². The second-order valence-corrected chi connectivity index (χ2v) is 5.38. The third-order valence-corrected chi connectivity index (χ3v) is 3.55. The van der Waals surface area contributed by atoms with E-state index in [1.54, 1.807) is 6.92 Å². The molecule has 0 aromatic heterocycles. The Balaban J connectivity index is 2.99. The fourth-order valence-corrected chi connectivity index (χ4v) is 2.26. The molecular formula is C13H14INO2. The highest BCUT2D eigenvalue weighted by Gasteiger charge is 2.34. The topological polar surface area (TPSA) is 41.7 Å². The summed E-state index contributed by atoms with van der Waals surface area (Å²) in [6, 6.07) is 7.54. The molecule has 90 valence electrons. The van der Waals surface area contributed by atoms with Crippen LogP contribution in [0.3, 0.4) is 0 Å². The average Bonchev–Trinajstić information content (AvgIpc) is 2.29. The van der Waals surface area contributed by atoms with Gasteiger partial charge in [0.1, 0.15) is 0 Å². The lowest BCUT2D eigenvalue weighted by molar-refractivity contribution is -0.143. The van der Waals surface area contributed by atoms with Crippen molar-refractivity contribution in [3.8, 4) is 0 Å². The molecule has 0 radical (unpaired) electrons. The van der Waals surface area contributed by atoms with Crippen molar-refractivity contribution in [3.05, 3.63) is 44.8 Å². The molecule has 1 rings (SSSR count). The molecule has 0 saturated carbocycles. The number of nitrogens with zero attached hydrogens (tertiary/aromatic N) is 1. The number of carbonyl (C=O) groups is 1. The Morgan fingerprint density at radius 2 is 2.29 bits per heavy atom. The first-order valence-electron chi connectivity index (χ1n) is 5.33. The lowest BCUT2D eigenvalue weighted by atomic mass is 9.78. The van der Waals surface area contributed by atoms with E-state index in [0.717, 1.165) is 9.13 Å². The van der Waals surface area contributed by atoms with E-state index in [-0.39, 0.29) is 0 Å². The maximum atomic E-state index is 11.4. The van der Waals surface area contributed by atoms with Gasteiger partial charge in [-0.1, -0.05) is 12.1 Å². The number of hydrogen-bond acceptors (Lipinski definition) is 1. The molecule has 1 aromatic carbocycles. The minimum absolute atomic E-state index is 0.382. The molecule has 0 heterocycles. The first kappa shape index (κ1) is 14.0. The van der Waals surface area contributed by atoms with Crippen molar-refractivity contribution in [2.45, 2.75) is 25.2 Å². The van der Waals surface area contributed by atoms with Crippen LogP contribution in [0.4, 0.5) is 0 Å². The van der Waals surface area contributed by atoms with Crippen molar-refractivity contribution in [2.75, 3.05) is 6.54 Å². The third kappa shape index (κ3) is 3.43. The minimum Gasteiger partial charge on any atom is -0.481 e. The van der Waals surface area contributed by atoms with Crippen molar-refractivity contribution < 1.29 is 9.90 Å². The van der Waals surface area contributed by atoms with E-state index >= 15 is 0 Å². The number of carboxylic acid groups (broad SMARTS) is 1. The number of halogens is 1. The zero-order chi connectivity index (χ0) is 12.9. The molecule has 4 heteroatoms. The molecule has 1 atom stereocenters. The maximum Gasteiger partial charge on any atom is 0.313 e. The van der Waals surface area contributed by atoms with Gasteiger partial charge in [0.2, 0.25) is 6.54 Å². The molecule has 0 aliphatic carbocycles. The minimum atomic E-state index is -0.897. The van der Waals surface area contributed by atoms with Gasteiger partial charge in [0, 0.05) is 9.99 Å². The smallest absolute Gasteiger partial charge is 0.313 e. The Kier molecular flexibility index (Phi) is 4.94. The molecule has 0 aliphatic rings. The van der Waals surface area contributed by atoms with Gasteiger partial charge in [0.25, 0.3) is 0 Å². The van der Waals surface area contributed by atoms with E-state index in [0.29, 0.717) is 19.4 Å². The first-order chi connectivity index (χ1) is 8.00. The fourth-order valence-electron chi connectivity index (χ4n) is 1.72. The van der Waals surface area contributed by atoms with Crippen LogP contribution in [0.5, 0.6) is 0 Å². The SMILES string of the molecule is [C-]#[N+]CCCC(C)(C(=O)O)c1cccc(I)c1. The summed E-state index contributed by atoms with van der Waals surface area (Å²) in [6.07, 6.45) is 1.10. The highest BCUT2D eigenvalue weighted by atomic mass is 127. The Morgan fingerprint density at radius 3 is 2.82 bits per heavy atom. The molecule has 0 fully saturated rings. The van der Waals surface area contributed by atoms with Crippen LogP contribution in [0.15, 0.2) is 24.3 Å². The normalized spacial score (nSPS) is 13.7. The summed E-state index contributed by atoms with van der Waals surface area (Å²) >= 11 is 2.17. The molecule has 1 aromatic rings. The van der Waals surface area contributed by atoms with Crippen molar-refractivity contribution in [1.82, 2.24) is 0 Å². The van der Waals surface area contributed by atoms with Gasteiger partial charge in [-0.2, -0.15) is 0 Å². The Morgan fingerprint density at radius 1 is 1.59 bits per heavy atom. The van der Waals surface area contributed by atoms with Crippen LogP contribution < -0.4 is 0 Å². The monoisotopic (exact) mass is 343 g/mol. The Hall–Kier alpha value is -1.09. The van der Waals surface area contributed by atoms with Crippen molar-refractivity contribution >= 4 is 28.6 Å². The number of benzene rings is 1. The lowest BCUT2D eigenvalue weighted by Gasteiger charge is -2.24. The molecule has 17 heavy (non-hydrogen) atoms. The van der Waals surface area contributed by atoms with Crippen LogP contribution >= 0.6 is 22.6 Å². The highest BCUT2D eigenvalue weighted by molar-refractivity contribution is 14.1. The molecule has 0 saturated heterocycles. The predicted octanol–water partition coefficient (Wildman–Crippen LogP) is 3.33. The van der Waals surface area contributed by atoms with Crippen LogP contribution in [0.25, 0.3) is 4.85 Å². The molecule has 3 nitrogen and oxygen atoms in total. The average molecular weight is 343 g/mol. The van der Waals surface area contributed by atoms with Gasteiger partial charge in [0.05, 0.1) is 5.41 Å². The fraction of sp³-hybridized carbons (Fsp3) is 0.385. The van der Waals surface area contributed by atoms with E-state index in [2.05, 4.69) is 27.4 Å². The lowest BCUT2D eigenvalue weighted by Crippen LogP contribution is -2.32. The molecule has 0 aliphatic heterocycles. The van der Waals surface area contributed by atoms with Gasteiger partial charge in [-0.15, -0.1) is 0 Å². The summed E-state index contributed by atoms with van der Waals surface area (Å²) in [5.74, 6) is -0.829. The quantitative estimate of drug-likeness (QED) is 0.506. The molecule has 1 N–H and O–H groups in total. The van der Waals surface area contributed by atoms with Crippen LogP contribution in [0.1, 0.15) is 25.3 Å². The maximum absolute atomic E-state index is 11.4. The standard InChI is InChI=1S/C13H14INO2/c1-13(12(16)17,7-4-8-15-2)10-5-3-6-11(14)9-10/h3,5-6,9H,4,7-8H2,1H3,(H,16,17). The van der Waals surface area contributed by atoms with E-state index in [9.17, 15) is 9.90 Å². The molecule has 0 amide bonds. The van der Waals surface area contributed by atoms with Gasteiger partial charge in [-0.3, -0.25) is 4.79 Å². The molecular weight excluding hydrogens is 329 g/mol. The van der Waals surface area contributed by atoms with Gasteiger partial charge >= 0.3 is 5.97 Å². The van der Waals surface area contributed by atoms with Crippen LogP contribution in [-0.2, 0) is 10.2 Å². The molecule has 0 bridgehead atoms. The van der Waals surface area contributed by atoms with E-state index in [1.165, 1.54) is 0 Å². The van der Waals surface area contributed by atoms with E-state index in [4.69, 9.17) is 6.57 Å². The summed E-state index contributed by atoms with van der Waals surface area (Å²) in [6.45, 7) is 8.84. The van der Waals surface area contributed by atoms with Crippen molar-refractivity contribution in [3.63, 3.8) is 0 Å². The zero-order valence-corrected chi connectivity index (χ0v) is 11.8. The van der Waals surface area contributed by atoms with E-state index in [1.807, 2.05) is 24.3 Å². The van der Waals surface area contributed by atoms with Gasteiger partial charge < -0.3 is 9.95 Å². The highest BCUT2D eigenvalue weighted by Crippen LogP contribution is 2.30. The summed E-state index contributed by atoms with van der Waals surface area (Å²) < 4.78 is 1.03. The number of carboxylic acids is 1.